The number of anilines is 2. The van der Waals surface area contributed by atoms with Crippen molar-refractivity contribution < 1.29 is 4.79 Å². The summed E-state index contributed by atoms with van der Waals surface area (Å²) in [5.74, 6) is -0.152. The Morgan fingerprint density at radius 1 is 1.26 bits per heavy atom. The number of nitrogens with one attached hydrogen (secondary N) is 1. The first-order valence-electron chi connectivity index (χ1n) is 5.60. The van der Waals surface area contributed by atoms with Crippen molar-refractivity contribution in [2.75, 3.05) is 11.1 Å². The third-order valence-corrected chi connectivity index (χ3v) is 4.54. The molecule has 0 atom stereocenters. The number of carbonyl (C=O) groups excluding carboxylic acids is 1. The predicted molar refractivity (Wildman–Crippen MR) is 90.4 cm³/mol. The van der Waals surface area contributed by atoms with Crippen LogP contribution in [0.2, 0.25) is 0 Å². The topological polar surface area (TPSA) is 55.1 Å². The van der Waals surface area contributed by atoms with Crippen molar-refractivity contribution in [1.29, 1.82) is 0 Å². The molecule has 2 rings (SSSR count). The average Bonchev–Trinajstić information content (AvgIpc) is 2.37. The highest BCUT2D eigenvalue weighted by Gasteiger charge is 2.08. The van der Waals surface area contributed by atoms with E-state index < -0.39 is 0 Å². The lowest BCUT2D eigenvalue weighted by Gasteiger charge is -2.08. The molecule has 0 bridgehead atoms. The van der Waals surface area contributed by atoms with Crippen LogP contribution in [0.5, 0.6) is 0 Å². The number of hydrogen-bond donors (Lipinski definition) is 2. The van der Waals surface area contributed by atoms with Crippen molar-refractivity contribution in [3.05, 3.63) is 55.6 Å². The average molecular weight is 431 g/mol. The Bertz CT molecular complexity index is 643. The number of rotatable bonds is 2. The molecule has 3 nitrogen and oxygen atoms in total. The summed E-state index contributed by atoms with van der Waals surface area (Å²) in [5.41, 5.74) is 8.85. The van der Waals surface area contributed by atoms with Gasteiger partial charge in [-0.15, -0.1) is 0 Å². The molecular formula is C14H12BrIN2O. The van der Waals surface area contributed by atoms with Crippen LogP contribution in [0, 0.1) is 10.5 Å². The van der Waals surface area contributed by atoms with Gasteiger partial charge in [0.05, 0.1) is 0 Å². The molecule has 0 heterocycles. The van der Waals surface area contributed by atoms with Gasteiger partial charge < -0.3 is 11.1 Å². The van der Waals surface area contributed by atoms with Crippen LogP contribution in [0.3, 0.4) is 0 Å². The largest absolute Gasteiger partial charge is 0.398 e. The van der Waals surface area contributed by atoms with E-state index in [4.69, 9.17) is 5.73 Å². The standard InChI is InChI=1S/C14H12BrIN2O/c1-8-2-4-10(7-12(8)16)18-14(19)9-3-5-13(17)11(15)6-9/h2-7H,17H2,1H3,(H,18,19). The lowest BCUT2D eigenvalue weighted by molar-refractivity contribution is 0.102. The van der Waals surface area contributed by atoms with Crippen LogP contribution in [0.15, 0.2) is 40.9 Å². The zero-order valence-electron chi connectivity index (χ0n) is 10.2. The van der Waals surface area contributed by atoms with Gasteiger partial charge in [0, 0.05) is 25.0 Å². The predicted octanol–water partition coefficient (Wildman–Crippen LogP) is 4.20. The Labute approximate surface area is 133 Å². The fourth-order valence-corrected chi connectivity index (χ4v) is 2.44. The fraction of sp³-hybridized carbons (Fsp3) is 0.0714. The molecule has 1 amide bonds. The monoisotopic (exact) mass is 430 g/mol. The van der Waals surface area contributed by atoms with Gasteiger partial charge in [0.1, 0.15) is 0 Å². The number of nitrogen functional groups attached to an aromatic ring is 1. The van der Waals surface area contributed by atoms with E-state index in [2.05, 4.69) is 43.8 Å². The summed E-state index contributed by atoms with van der Waals surface area (Å²) in [6.45, 7) is 2.03. The van der Waals surface area contributed by atoms with Crippen LogP contribution in [0.25, 0.3) is 0 Å². The first-order chi connectivity index (χ1) is 8.97. The Balaban J connectivity index is 2.20. The van der Waals surface area contributed by atoms with Gasteiger partial charge in [-0.05, 0) is 81.3 Å². The second-order valence-electron chi connectivity index (χ2n) is 4.15. The Morgan fingerprint density at radius 2 is 2.00 bits per heavy atom. The quantitative estimate of drug-likeness (QED) is 0.554. The lowest BCUT2D eigenvalue weighted by atomic mass is 10.2. The molecule has 3 N–H and O–H groups in total. The molecule has 5 heteroatoms. The van der Waals surface area contributed by atoms with Gasteiger partial charge in [0.25, 0.3) is 5.91 Å². The minimum absolute atomic E-state index is 0.152. The van der Waals surface area contributed by atoms with Crippen molar-refractivity contribution in [3.63, 3.8) is 0 Å². The summed E-state index contributed by atoms with van der Waals surface area (Å²) in [4.78, 5) is 12.1. The summed E-state index contributed by atoms with van der Waals surface area (Å²) in [5, 5.41) is 2.87. The van der Waals surface area contributed by atoms with Gasteiger partial charge in [-0.1, -0.05) is 6.07 Å². The zero-order valence-corrected chi connectivity index (χ0v) is 13.9. The maximum atomic E-state index is 12.1. The van der Waals surface area contributed by atoms with E-state index in [0.717, 1.165) is 13.7 Å². The number of halogens is 2. The summed E-state index contributed by atoms with van der Waals surface area (Å²) in [7, 11) is 0. The summed E-state index contributed by atoms with van der Waals surface area (Å²) in [6.07, 6.45) is 0. The second-order valence-corrected chi connectivity index (χ2v) is 6.17. The van der Waals surface area contributed by atoms with Crippen molar-refractivity contribution in [1.82, 2.24) is 0 Å². The van der Waals surface area contributed by atoms with Crippen molar-refractivity contribution >= 4 is 55.8 Å². The highest BCUT2D eigenvalue weighted by Crippen LogP contribution is 2.22. The molecule has 0 aliphatic carbocycles. The number of benzene rings is 2. The van der Waals surface area contributed by atoms with E-state index in [-0.39, 0.29) is 5.91 Å². The maximum Gasteiger partial charge on any atom is 0.255 e. The van der Waals surface area contributed by atoms with Crippen LogP contribution in [-0.4, -0.2) is 5.91 Å². The van der Waals surface area contributed by atoms with Crippen LogP contribution in [0.4, 0.5) is 11.4 Å². The molecule has 0 unspecified atom stereocenters. The van der Waals surface area contributed by atoms with Gasteiger partial charge in [0.2, 0.25) is 0 Å². The van der Waals surface area contributed by atoms with E-state index in [1.165, 1.54) is 5.56 Å². The highest BCUT2D eigenvalue weighted by molar-refractivity contribution is 14.1. The van der Waals surface area contributed by atoms with E-state index >= 15 is 0 Å². The molecule has 0 radical (unpaired) electrons. The van der Waals surface area contributed by atoms with Gasteiger partial charge in [-0.25, -0.2) is 0 Å². The first kappa shape index (κ1) is 14.3. The third kappa shape index (κ3) is 3.48. The van der Waals surface area contributed by atoms with E-state index in [1.807, 2.05) is 25.1 Å². The van der Waals surface area contributed by atoms with Crippen LogP contribution in [-0.2, 0) is 0 Å². The molecule has 0 fully saturated rings. The van der Waals surface area contributed by atoms with Gasteiger partial charge in [-0.2, -0.15) is 0 Å². The molecule has 2 aromatic carbocycles. The second kappa shape index (κ2) is 5.92. The third-order valence-electron chi connectivity index (χ3n) is 2.69. The summed E-state index contributed by atoms with van der Waals surface area (Å²) >= 11 is 5.56. The molecule has 0 spiro atoms. The molecular weight excluding hydrogens is 419 g/mol. The molecule has 0 saturated carbocycles. The summed E-state index contributed by atoms with van der Waals surface area (Å²) < 4.78 is 1.84. The van der Waals surface area contributed by atoms with Gasteiger partial charge in [-0.3, -0.25) is 4.79 Å². The van der Waals surface area contributed by atoms with Crippen molar-refractivity contribution in [2.45, 2.75) is 6.92 Å². The molecule has 0 aromatic heterocycles. The van der Waals surface area contributed by atoms with Gasteiger partial charge >= 0.3 is 0 Å². The zero-order chi connectivity index (χ0) is 14.0. The molecule has 0 aliphatic heterocycles. The van der Waals surface area contributed by atoms with Crippen LogP contribution < -0.4 is 11.1 Å². The highest BCUT2D eigenvalue weighted by atomic mass is 127. The maximum absolute atomic E-state index is 12.1. The molecule has 98 valence electrons. The number of amides is 1. The minimum atomic E-state index is -0.152. The van der Waals surface area contributed by atoms with Gasteiger partial charge in [0.15, 0.2) is 0 Å². The normalized spacial score (nSPS) is 10.3. The van der Waals surface area contributed by atoms with Crippen molar-refractivity contribution in [3.8, 4) is 0 Å². The Morgan fingerprint density at radius 3 is 2.63 bits per heavy atom. The van der Waals surface area contributed by atoms with E-state index in [0.29, 0.717) is 11.3 Å². The smallest absolute Gasteiger partial charge is 0.255 e. The molecule has 2 aromatic rings. The molecule has 0 saturated heterocycles. The SMILES string of the molecule is Cc1ccc(NC(=O)c2ccc(N)c(Br)c2)cc1I. The molecule has 0 aliphatic rings. The summed E-state index contributed by atoms with van der Waals surface area (Å²) in [6, 6.07) is 10.9. The van der Waals surface area contributed by atoms with Crippen LogP contribution in [0.1, 0.15) is 15.9 Å². The number of carbonyl (C=O) groups is 1. The Hall–Kier alpha value is -1.08. The van der Waals surface area contributed by atoms with E-state index in [9.17, 15) is 4.79 Å². The lowest BCUT2D eigenvalue weighted by Crippen LogP contribution is -2.12. The fourth-order valence-electron chi connectivity index (χ4n) is 1.54. The number of nitrogens with two attached hydrogens (primary N) is 1. The minimum Gasteiger partial charge on any atom is -0.398 e. The number of hydrogen-bond acceptors (Lipinski definition) is 2. The van der Waals surface area contributed by atoms with Crippen molar-refractivity contribution in [2.24, 2.45) is 0 Å². The number of aryl methyl sites for hydroxylation is 1. The molecule has 19 heavy (non-hydrogen) atoms. The van der Waals surface area contributed by atoms with Crippen LogP contribution >= 0.6 is 38.5 Å². The first-order valence-corrected chi connectivity index (χ1v) is 7.47. The Kier molecular flexibility index (Phi) is 4.46. The van der Waals surface area contributed by atoms with E-state index in [1.54, 1.807) is 18.2 Å².